The van der Waals surface area contributed by atoms with Gasteiger partial charge in [-0.25, -0.2) is 0 Å². The zero-order valence-electron chi connectivity index (χ0n) is 11.6. The molecule has 1 aliphatic carbocycles. The summed E-state index contributed by atoms with van der Waals surface area (Å²) in [5, 5.41) is 7.05. The Labute approximate surface area is 129 Å². The SMILES string of the molecule is Clc1ccc2c(c1)CCC2Nc1ccc2ccccc2c1. The number of benzene rings is 3. The fourth-order valence-electron chi connectivity index (χ4n) is 3.22. The molecule has 21 heavy (non-hydrogen) atoms. The van der Waals surface area contributed by atoms with Crippen molar-refractivity contribution in [3.05, 3.63) is 76.8 Å². The number of rotatable bonds is 2. The van der Waals surface area contributed by atoms with Gasteiger partial charge < -0.3 is 5.32 Å². The minimum atomic E-state index is 0.387. The van der Waals surface area contributed by atoms with E-state index in [4.69, 9.17) is 11.6 Å². The Morgan fingerprint density at radius 2 is 1.76 bits per heavy atom. The van der Waals surface area contributed by atoms with Gasteiger partial charge in [0.05, 0.1) is 6.04 Å². The Morgan fingerprint density at radius 1 is 0.905 bits per heavy atom. The lowest BCUT2D eigenvalue weighted by atomic mass is 10.1. The Hall–Kier alpha value is -1.99. The van der Waals surface area contributed by atoms with Gasteiger partial charge in [0.1, 0.15) is 0 Å². The second-order valence-electron chi connectivity index (χ2n) is 5.64. The van der Waals surface area contributed by atoms with Crippen LogP contribution in [0.3, 0.4) is 0 Å². The number of anilines is 1. The van der Waals surface area contributed by atoms with Crippen LogP contribution < -0.4 is 5.32 Å². The number of hydrogen-bond acceptors (Lipinski definition) is 1. The second kappa shape index (κ2) is 5.09. The van der Waals surface area contributed by atoms with Crippen LogP contribution >= 0.6 is 11.6 Å². The summed E-state index contributed by atoms with van der Waals surface area (Å²) < 4.78 is 0. The van der Waals surface area contributed by atoms with Gasteiger partial charge >= 0.3 is 0 Å². The molecule has 3 aromatic carbocycles. The molecular weight excluding hydrogens is 278 g/mol. The minimum absolute atomic E-state index is 0.387. The first kappa shape index (κ1) is 12.7. The summed E-state index contributed by atoms with van der Waals surface area (Å²) in [5.41, 5.74) is 3.94. The summed E-state index contributed by atoms with van der Waals surface area (Å²) in [7, 11) is 0. The van der Waals surface area contributed by atoms with E-state index in [2.05, 4.69) is 59.9 Å². The highest BCUT2D eigenvalue weighted by molar-refractivity contribution is 6.30. The quantitative estimate of drug-likeness (QED) is 0.649. The van der Waals surface area contributed by atoms with E-state index < -0.39 is 0 Å². The molecule has 0 saturated heterocycles. The van der Waals surface area contributed by atoms with Crippen LogP contribution in [0.25, 0.3) is 10.8 Å². The molecule has 0 saturated carbocycles. The van der Waals surface area contributed by atoms with Crippen LogP contribution in [0.1, 0.15) is 23.6 Å². The Kier molecular flexibility index (Phi) is 3.08. The molecule has 104 valence electrons. The minimum Gasteiger partial charge on any atom is -0.378 e. The Bertz CT molecular complexity index is 810. The molecule has 1 aliphatic rings. The van der Waals surface area contributed by atoms with E-state index in [-0.39, 0.29) is 0 Å². The highest BCUT2D eigenvalue weighted by Gasteiger charge is 2.22. The van der Waals surface area contributed by atoms with Gasteiger partial charge in [-0.15, -0.1) is 0 Å². The first-order chi connectivity index (χ1) is 10.3. The number of aryl methyl sites for hydroxylation is 1. The summed E-state index contributed by atoms with van der Waals surface area (Å²) in [6.07, 6.45) is 2.23. The summed E-state index contributed by atoms with van der Waals surface area (Å²) in [6, 6.07) is 21.6. The number of nitrogens with one attached hydrogen (secondary N) is 1. The molecular formula is C19H16ClN. The van der Waals surface area contributed by atoms with Gasteiger partial charge in [-0.1, -0.05) is 48.0 Å². The highest BCUT2D eigenvalue weighted by atomic mass is 35.5. The van der Waals surface area contributed by atoms with Crippen LogP contribution in [0.5, 0.6) is 0 Å². The molecule has 1 unspecified atom stereocenters. The lowest BCUT2D eigenvalue weighted by Gasteiger charge is -2.16. The Balaban J connectivity index is 1.64. The molecule has 0 bridgehead atoms. The van der Waals surface area contributed by atoms with Gasteiger partial charge in [0.2, 0.25) is 0 Å². The van der Waals surface area contributed by atoms with Gasteiger partial charge in [0.15, 0.2) is 0 Å². The van der Waals surface area contributed by atoms with Gasteiger partial charge in [-0.3, -0.25) is 0 Å². The van der Waals surface area contributed by atoms with Gasteiger partial charge in [-0.2, -0.15) is 0 Å². The number of hydrogen-bond donors (Lipinski definition) is 1. The van der Waals surface area contributed by atoms with Gasteiger partial charge in [0.25, 0.3) is 0 Å². The normalized spacial score (nSPS) is 16.9. The summed E-state index contributed by atoms with van der Waals surface area (Å²) in [5.74, 6) is 0. The third kappa shape index (κ3) is 2.38. The zero-order chi connectivity index (χ0) is 14.2. The summed E-state index contributed by atoms with van der Waals surface area (Å²) in [6.45, 7) is 0. The largest absolute Gasteiger partial charge is 0.378 e. The molecule has 3 aromatic rings. The van der Waals surface area contributed by atoms with Crippen LogP contribution in [0, 0.1) is 0 Å². The molecule has 0 spiro atoms. The standard InChI is InChI=1S/C19H16ClN/c20-16-7-9-18-15(11-16)6-10-19(18)21-17-8-5-13-3-1-2-4-14(13)12-17/h1-5,7-9,11-12,19,21H,6,10H2. The lowest BCUT2D eigenvalue weighted by molar-refractivity contribution is 0.762. The molecule has 4 rings (SSSR count). The van der Waals surface area contributed by atoms with E-state index in [1.165, 1.54) is 27.6 Å². The highest BCUT2D eigenvalue weighted by Crippen LogP contribution is 2.35. The Morgan fingerprint density at radius 3 is 2.67 bits per heavy atom. The second-order valence-corrected chi connectivity index (χ2v) is 6.08. The molecule has 0 heterocycles. The van der Waals surface area contributed by atoms with Crippen molar-refractivity contribution in [3.8, 4) is 0 Å². The first-order valence-electron chi connectivity index (χ1n) is 7.33. The van der Waals surface area contributed by atoms with Crippen molar-refractivity contribution in [2.45, 2.75) is 18.9 Å². The van der Waals surface area contributed by atoms with Crippen molar-refractivity contribution in [3.63, 3.8) is 0 Å². The maximum Gasteiger partial charge on any atom is 0.0519 e. The van der Waals surface area contributed by atoms with E-state index in [0.717, 1.165) is 17.9 Å². The van der Waals surface area contributed by atoms with E-state index in [1.54, 1.807) is 0 Å². The summed E-state index contributed by atoms with van der Waals surface area (Å²) >= 11 is 6.08. The number of fused-ring (bicyclic) bond motifs is 2. The van der Waals surface area contributed by atoms with Crippen molar-refractivity contribution in [1.82, 2.24) is 0 Å². The molecule has 1 atom stereocenters. The van der Waals surface area contributed by atoms with Crippen LogP contribution in [0.15, 0.2) is 60.7 Å². The van der Waals surface area contributed by atoms with E-state index in [9.17, 15) is 0 Å². The van der Waals surface area contributed by atoms with E-state index in [1.807, 2.05) is 6.07 Å². The fraction of sp³-hybridized carbons (Fsp3) is 0.158. The molecule has 2 heteroatoms. The van der Waals surface area contributed by atoms with Crippen molar-refractivity contribution >= 4 is 28.1 Å². The topological polar surface area (TPSA) is 12.0 Å². The van der Waals surface area contributed by atoms with E-state index >= 15 is 0 Å². The predicted molar refractivity (Wildman–Crippen MR) is 90.1 cm³/mol. The third-order valence-corrected chi connectivity index (χ3v) is 4.51. The molecule has 1 N–H and O–H groups in total. The monoisotopic (exact) mass is 293 g/mol. The van der Waals surface area contributed by atoms with Crippen LogP contribution in [-0.4, -0.2) is 0 Å². The van der Waals surface area contributed by atoms with E-state index in [0.29, 0.717) is 6.04 Å². The zero-order valence-corrected chi connectivity index (χ0v) is 12.4. The molecule has 0 aromatic heterocycles. The number of halogens is 1. The third-order valence-electron chi connectivity index (χ3n) is 4.27. The maximum atomic E-state index is 6.08. The van der Waals surface area contributed by atoms with Gasteiger partial charge in [0, 0.05) is 10.7 Å². The van der Waals surface area contributed by atoms with Crippen molar-refractivity contribution in [1.29, 1.82) is 0 Å². The molecule has 0 radical (unpaired) electrons. The molecule has 1 nitrogen and oxygen atoms in total. The van der Waals surface area contributed by atoms with Crippen LogP contribution in [0.4, 0.5) is 5.69 Å². The van der Waals surface area contributed by atoms with Crippen molar-refractivity contribution in [2.24, 2.45) is 0 Å². The van der Waals surface area contributed by atoms with Crippen molar-refractivity contribution in [2.75, 3.05) is 5.32 Å². The van der Waals surface area contributed by atoms with Crippen LogP contribution in [-0.2, 0) is 6.42 Å². The fourth-order valence-corrected chi connectivity index (χ4v) is 3.41. The predicted octanol–water partition coefficient (Wildman–Crippen LogP) is 5.59. The maximum absolute atomic E-state index is 6.08. The first-order valence-corrected chi connectivity index (χ1v) is 7.71. The average molecular weight is 294 g/mol. The van der Waals surface area contributed by atoms with Crippen molar-refractivity contribution < 1.29 is 0 Å². The molecule has 0 fully saturated rings. The lowest BCUT2D eigenvalue weighted by Crippen LogP contribution is -2.06. The molecule has 0 amide bonds. The molecule has 0 aliphatic heterocycles. The van der Waals surface area contributed by atoms with Crippen LogP contribution in [0.2, 0.25) is 5.02 Å². The van der Waals surface area contributed by atoms with Gasteiger partial charge in [-0.05, 0) is 59.0 Å². The average Bonchev–Trinajstić information content (AvgIpc) is 2.89. The smallest absolute Gasteiger partial charge is 0.0519 e. The summed E-state index contributed by atoms with van der Waals surface area (Å²) in [4.78, 5) is 0.